The topological polar surface area (TPSA) is 67.2 Å². The highest BCUT2D eigenvalue weighted by Crippen LogP contribution is 2.17. The fraction of sp³-hybridized carbons (Fsp3) is 0.769. The standard InChI is InChI=1S/C13H24N4O2S/c1-4-16-10-13(15-11(16)3)20(18,19)17(5-2)9-12-7-6-8-14-12/h10,12,14H,4-9H2,1-3H3. The minimum Gasteiger partial charge on any atom is -0.334 e. The van der Waals surface area contributed by atoms with Crippen LogP contribution in [-0.4, -0.2) is 48.0 Å². The molecular weight excluding hydrogens is 276 g/mol. The zero-order chi connectivity index (χ0) is 14.8. The maximum absolute atomic E-state index is 12.7. The number of nitrogens with zero attached hydrogens (tertiary/aromatic N) is 3. The molecule has 7 heteroatoms. The second kappa shape index (κ2) is 6.24. The summed E-state index contributed by atoms with van der Waals surface area (Å²) in [6.45, 7) is 8.38. The molecule has 1 saturated heterocycles. The normalized spacial score (nSPS) is 19.9. The van der Waals surface area contributed by atoms with Crippen LogP contribution in [0, 0.1) is 6.92 Å². The van der Waals surface area contributed by atoms with Crippen LogP contribution in [0.15, 0.2) is 11.2 Å². The maximum Gasteiger partial charge on any atom is 0.262 e. The minimum absolute atomic E-state index is 0.164. The largest absolute Gasteiger partial charge is 0.334 e. The Balaban J connectivity index is 2.21. The van der Waals surface area contributed by atoms with Crippen molar-refractivity contribution < 1.29 is 8.42 Å². The van der Waals surface area contributed by atoms with Crippen LogP contribution in [0.25, 0.3) is 0 Å². The van der Waals surface area contributed by atoms with Gasteiger partial charge < -0.3 is 9.88 Å². The molecule has 0 aromatic carbocycles. The van der Waals surface area contributed by atoms with E-state index >= 15 is 0 Å². The first-order valence-electron chi connectivity index (χ1n) is 7.26. The first-order valence-corrected chi connectivity index (χ1v) is 8.70. The van der Waals surface area contributed by atoms with Gasteiger partial charge in [0.15, 0.2) is 5.03 Å². The van der Waals surface area contributed by atoms with Crippen molar-refractivity contribution in [3.8, 4) is 0 Å². The smallest absolute Gasteiger partial charge is 0.262 e. The average molecular weight is 300 g/mol. The van der Waals surface area contributed by atoms with Gasteiger partial charge >= 0.3 is 0 Å². The number of imidazole rings is 1. The molecule has 20 heavy (non-hydrogen) atoms. The fourth-order valence-corrected chi connectivity index (χ4v) is 4.10. The summed E-state index contributed by atoms with van der Waals surface area (Å²) >= 11 is 0. The summed E-state index contributed by atoms with van der Waals surface area (Å²) in [5.74, 6) is 0.737. The number of hydrogen-bond acceptors (Lipinski definition) is 4. The van der Waals surface area contributed by atoms with Crippen LogP contribution in [0.4, 0.5) is 0 Å². The van der Waals surface area contributed by atoms with Crippen molar-refractivity contribution in [2.24, 2.45) is 0 Å². The van der Waals surface area contributed by atoms with Crippen molar-refractivity contribution in [3.63, 3.8) is 0 Å². The SMILES string of the molecule is CCN(CC1CCCN1)S(=O)(=O)c1cn(CC)c(C)n1. The second-order valence-corrected chi connectivity index (χ2v) is 7.05. The van der Waals surface area contributed by atoms with Crippen LogP contribution in [0.5, 0.6) is 0 Å². The lowest BCUT2D eigenvalue weighted by Gasteiger charge is -2.22. The Labute approximate surface area is 121 Å². The summed E-state index contributed by atoms with van der Waals surface area (Å²) in [5.41, 5.74) is 0. The van der Waals surface area contributed by atoms with Gasteiger partial charge in [-0.2, -0.15) is 4.31 Å². The number of likely N-dealkylation sites (N-methyl/N-ethyl adjacent to an activating group) is 1. The van der Waals surface area contributed by atoms with E-state index in [9.17, 15) is 8.42 Å². The van der Waals surface area contributed by atoms with Crippen LogP contribution in [-0.2, 0) is 16.6 Å². The van der Waals surface area contributed by atoms with E-state index in [1.165, 1.54) is 4.31 Å². The Morgan fingerprint density at radius 2 is 2.25 bits per heavy atom. The predicted molar refractivity (Wildman–Crippen MR) is 78.1 cm³/mol. The summed E-state index contributed by atoms with van der Waals surface area (Å²) in [5, 5.41) is 3.50. The van der Waals surface area contributed by atoms with Crippen LogP contribution < -0.4 is 5.32 Å². The first kappa shape index (κ1) is 15.5. The van der Waals surface area contributed by atoms with Gasteiger partial charge in [0, 0.05) is 31.9 Å². The molecule has 1 aliphatic heterocycles. The second-order valence-electron chi connectivity index (χ2n) is 5.16. The minimum atomic E-state index is -3.49. The van der Waals surface area contributed by atoms with E-state index in [-0.39, 0.29) is 11.1 Å². The molecule has 1 fully saturated rings. The Hall–Kier alpha value is -0.920. The van der Waals surface area contributed by atoms with Crippen LogP contribution >= 0.6 is 0 Å². The van der Waals surface area contributed by atoms with Crippen molar-refractivity contribution in [1.82, 2.24) is 19.2 Å². The third kappa shape index (κ3) is 3.05. The van der Waals surface area contributed by atoms with Gasteiger partial charge in [0.1, 0.15) is 5.82 Å². The van der Waals surface area contributed by atoms with Crippen molar-refractivity contribution in [1.29, 1.82) is 0 Å². The Bertz CT molecular complexity index is 547. The third-order valence-electron chi connectivity index (χ3n) is 3.84. The van der Waals surface area contributed by atoms with Gasteiger partial charge in [-0.15, -0.1) is 0 Å². The summed E-state index contributed by atoms with van der Waals surface area (Å²) < 4.78 is 28.7. The summed E-state index contributed by atoms with van der Waals surface area (Å²) in [6, 6.07) is 0.263. The zero-order valence-corrected chi connectivity index (χ0v) is 13.3. The molecule has 114 valence electrons. The van der Waals surface area contributed by atoms with E-state index in [0.717, 1.165) is 31.8 Å². The summed E-state index contributed by atoms with van der Waals surface area (Å²) in [7, 11) is -3.49. The van der Waals surface area contributed by atoms with Crippen molar-refractivity contribution >= 4 is 10.0 Å². The Morgan fingerprint density at radius 1 is 1.50 bits per heavy atom. The molecular formula is C13H24N4O2S. The monoisotopic (exact) mass is 300 g/mol. The van der Waals surface area contributed by atoms with E-state index in [4.69, 9.17) is 0 Å². The Kier molecular flexibility index (Phi) is 4.82. The number of aromatic nitrogens is 2. The number of aryl methyl sites for hydroxylation is 2. The van der Waals surface area contributed by atoms with Gasteiger partial charge in [-0.25, -0.2) is 13.4 Å². The zero-order valence-electron chi connectivity index (χ0n) is 12.5. The van der Waals surface area contributed by atoms with Crippen molar-refractivity contribution in [2.75, 3.05) is 19.6 Å². The molecule has 0 spiro atoms. The molecule has 2 heterocycles. The highest BCUT2D eigenvalue weighted by atomic mass is 32.2. The highest BCUT2D eigenvalue weighted by Gasteiger charge is 2.29. The van der Waals surface area contributed by atoms with Crippen molar-refractivity contribution in [2.45, 2.75) is 51.2 Å². The lowest BCUT2D eigenvalue weighted by atomic mass is 10.2. The van der Waals surface area contributed by atoms with Gasteiger partial charge in [0.25, 0.3) is 10.0 Å². The first-order chi connectivity index (χ1) is 9.48. The number of hydrogen-bond donors (Lipinski definition) is 1. The molecule has 1 aromatic rings. The molecule has 1 atom stereocenters. The lowest BCUT2D eigenvalue weighted by Crippen LogP contribution is -2.41. The number of sulfonamides is 1. The van der Waals surface area contributed by atoms with Crippen molar-refractivity contribution in [3.05, 3.63) is 12.0 Å². The molecule has 0 amide bonds. The van der Waals surface area contributed by atoms with E-state index in [1.54, 1.807) is 6.20 Å². The molecule has 0 bridgehead atoms. The van der Waals surface area contributed by atoms with Gasteiger partial charge in [0.05, 0.1) is 0 Å². The molecule has 2 rings (SSSR count). The lowest BCUT2D eigenvalue weighted by molar-refractivity contribution is 0.381. The summed E-state index contributed by atoms with van der Waals surface area (Å²) in [6.07, 6.45) is 3.79. The maximum atomic E-state index is 12.7. The number of nitrogens with one attached hydrogen (secondary N) is 1. The quantitative estimate of drug-likeness (QED) is 0.850. The fourth-order valence-electron chi connectivity index (χ4n) is 2.61. The molecule has 0 aliphatic carbocycles. The molecule has 1 aromatic heterocycles. The van der Waals surface area contributed by atoms with Gasteiger partial charge in [0.2, 0.25) is 0 Å². The van der Waals surface area contributed by atoms with E-state index in [1.807, 2.05) is 25.3 Å². The van der Waals surface area contributed by atoms with E-state index < -0.39 is 10.0 Å². The van der Waals surface area contributed by atoms with Gasteiger partial charge in [-0.3, -0.25) is 0 Å². The van der Waals surface area contributed by atoms with Gasteiger partial charge in [-0.1, -0.05) is 6.92 Å². The molecule has 1 unspecified atom stereocenters. The van der Waals surface area contributed by atoms with Crippen LogP contribution in [0.2, 0.25) is 0 Å². The predicted octanol–water partition coefficient (Wildman–Crippen LogP) is 0.974. The summed E-state index contributed by atoms with van der Waals surface area (Å²) in [4.78, 5) is 4.21. The molecule has 1 aliphatic rings. The van der Waals surface area contributed by atoms with E-state index in [2.05, 4.69) is 10.3 Å². The van der Waals surface area contributed by atoms with Crippen LogP contribution in [0.3, 0.4) is 0 Å². The third-order valence-corrected chi connectivity index (χ3v) is 5.65. The van der Waals surface area contributed by atoms with Gasteiger partial charge in [-0.05, 0) is 33.2 Å². The van der Waals surface area contributed by atoms with Crippen LogP contribution in [0.1, 0.15) is 32.5 Å². The Morgan fingerprint density at radius 3 is 2.75 bits per heavy atom. The average Bonchev–Trinajstić information content (AvgIpc) is 3.04. The molecule has 1 N–H and O–H groups in total. The molecule has 0 saturated carbocycles. The molecule has 6 nitrogen and oxygen atoms in total. The highest BCUT2D eigenvalue weighted by molar-refractivity contribution is 7.89. The van der Waals surface area contributed by atoms with E-state index in [0.29, 0.717) is 13.1 Å². The number of rotatable bonds is 6. The molecule has 0 radical (unpaired) electrons.